The number of halogens is 1. The average molecular weight is 400 g/mol. The van der Waals surface area contributed by atoms with E-state index in [-0.39, 0.29) is 23.7 Å². The molecule has 2 aromatic rings. The lowest BCUT2D eigenvalue weighted by atomic mass is 9.69. The van der Waals surface area contributed by atoms with Crippen LogP contribution in [0.2, 0.25) is 0 Å². The smallest absolute Gasteiger partial charge is 0.240 e. The summed E-state index contributed by atoms with van der Waals surface area (Å²) in [5.74, 6) is -0.982. The van der Waals surface area contributed by atoms with E-state index >= 15 is 0 Å². The van der Waals surface area contributed by atoms with Crippen molar-refractivity contribution in [3.63, 3.8) is 0 Å². The van der Waals surface area contributed by atoms with Crippen molar-refractivity contribution in [3.8, 4) is 0 Å². The van der Waals surface area contributed by atoms with Crippen LogP contribution in [-0.2, 0) is 14.3 Å². The summed E-state index contributed by atoms with van der Waals surface area (Å²) in [6, 6.07) is 11.6. The summed E-state index contributed by atoms with van der Waals surface area (Å²) in [4.78, 5) is 28.0. The van der Waals surface area contributed by atoms with E-state index in [1.54, 1.807) is 0 Å². The molecule has 0 spiro atoms. The third-order valence-corrected chi connectivity index (χ3v) is 6.98. The minimum atomic E-state index is -0.522. The van der Waals surface area contributed by atoms with Gasteiger partial charge in [0.05, 0.1) is 28.7 Å². The van der Waals surface area contributed by atoms with E-state index in [1.807, 2.05) is 50.2 Å². The Morgan fingerprint density at radius 3 is 2.16 bits per heavy atom. The summed E-state index contributed by atoms with van der Waals surface area (Å²) in [6.45, 7) is 3.97. The highest BCUT2D eigenvalue weighted by Crippen LogP contribution is 2.61. The van der Waals surface area contributed by atoms with Gasteiger partial charge in [0, 0.05) is 9.86 Å². The van der Waals surface area contributed by atoms with Crippen molar-refractivity contribution in [2.24, 2.45) is 11.8 Å². The normalized spacial score (nSPS) is 36.5. The van der Waals surface area contributed by atoms with Gasteiger partial charge in [0.1, 0.15) is 0 Å². The van der Waals surface area contributed by atoms with E-state index in [0.29, 0.717) is 5.69 Å². The van der Waals surface area contributed by atoms with Crippen molar-refractivity contribution in [2.75, 3.05) is 4.90 Å². The minimum Gasteiger partial charge on any atom is -0.367 e. The minimum absolute atomic E-state index is 0.117. The topological polar surface area (TPSA) is 46.6 Å². The van der Waals surface area contributed by atoms with Crippen LogP contribution >= 0.6 is 15.9 Å². The van der Waals surface area contributed by atoms with E-state index in [9.17, 15) is 9.59 Å². The van der Waals surface area contributed by atoms with Crippen LogP contribution in [0.4, 0.5) is 5.69 Å². The quantitative estimate of drug-likeness (QED) is 0.679. The van der Waals surface area contributed by atoms with Crippen molar-refractivity contribution < 1.29 is 14.3 Å². The standard InChI is InChI=1S/C20H18BrNO3/c1-19-9-10-20(2,25-19)16-15(19)17(23)22(18(16)24)14-8-4-5-11-12(14)6-3-7-13(11)21/h3-8,15-16H,9-10H2,1-2H3. The van der Waals surface area contributed by atoms with E-state index in [1.165, 1.54) is 4.90 Å². The molecule has 0 saturated carbocycles. The van der Waals surface area contributed by atoms with Gasteiger partial charge >= 0.3 is 0 Å². The second-order valence-corrected chi connectivity index (χ2v) is 8.66. The zero-order chi connectivity index (χ0) is 17.6. The maximum Gasteiger partial charge on any atom is 0.240 e. The first-order chi connectivity index (χ1) is 11.9. The van der Waals surface area contributed by atoms with Crippen molar-refractivity contribution >= 4 is 44.2 Å². The number of anilines is 1. The van der Waals surface area contributed by atoms with Gasteiger partial charge in [-0.3, -0.25) is 9.59 Å². The molecule has 25 heavy (non-hydrogen) atoms. The van der Waals surface area contributed by atoms with Gasteiger partial charge in [-0.1, -0.05) is 40.2 Å². The molecule has 5 heteroatoms. The Labute approximate surface area is 154 Å². The number of ether oxygens (including phenoxy) is 1. The van der Waals surface area contributed by atoms with Gasteiger partial charge in [-0.2, -0.15) is 0 Å². The first-order valence-corrected chi connectivity index (χ1v) is 9.40. The summed E-state index contributed by atoms with van der Waals surface area (Å²) in [6.07, 6.45) is 1.66. The number of benzene rings is 2. The fraction of sp³-hybridized carbons (Fsp3) is 0.400. The Hall–Kier alpha value is -1.72. The third kappa shape index (κ3) is 1.80. The summed E-state index contributed by atoms with van der Waals surface area (Å²) < 4.78 is 7.12. The molecule has 3 aliphatic heterocycles. The lowest BCUT2D eigenvalue weighted by Gasteiger charge is -2.27. The van der Waals surface area contributed by atoms with Crippen molar-refractivity contribution in [1.82, 2.24) is 0 Å². The molecule has 3 heterocycles. The maximum atomic E-state index is 13.3. The highest BCUT2D eigenvalue weighted by Gasteiger charge is 2.72. The van der Waals surface area contributed by atoms with Gasteiger partial charge in [-0.05, 0) is 44.2 Å². The molecule has 0 aliphatic carbocycles. The Kier molecular flexibility index (Phi) is 2.93. The van der Waals surface area contributed by atoms with Crippen LogP contribution in [0.5, 0.6) is 0 Å². The number of carbonyl (C=O) groups excluding carboxylic acids is 2. The van der Waals surface area contributed by atoms with Crippen LogP contribution in [0.25, 0.3) is 10.8 Å². The van der Waals surface area contributed by atoms with E-state index in [2.05, 4.69) is 15.9 Å². The van der Waals surface area contributed by atoms with Gasteiger partial charge in [0.25, 0.3) is 0 Å². The predicted octanol–water partition coefficient (Wildman–Crippen LogP) is 4.05. The summed E-state index contributed by atoms with van der Waals surface area (Å²) in [5.41, 5.74) is -0.368. The van der Waals surface area contributed by atoms with Crippen LogP contribution < -0.4 is 4.90 Å². The number of nitrogens with zero attached hydrogens (tertiary/aromatic N) is 1. The Balaban J connectivity index is 1.69. The molecule has 4 atom stereocenters. The fourth-order valence-electron chi connectivity index (χ4n) is 5.16. The molecule has 0 radical (unpaired) electrons. The molecule has 2 aromatic carbocycles. The predicted molar refractivity (Wildman–Crippen MR) is 98.3 cm³/mol. The number of carbonyl (C=O) groups is 2. The van der Waals surface area contributed by atoms with Gasteiger partial charge in [0.15, 0.2) is 0 Å². The van der Waals surface area contributed by atoms with Gasteiger partial charge < -0.3 is 4.74 Å². The number of amides is 2. The van der Waals surface area contributed by atoms with E-state index in [0.717, 1.165) is 28.1 Å². The molecule has 2 amide bonds. The molecular weight excluding hydrogens is 382 g/mol. The van der Waals surface area contributed by atoms with Crippen LogP contribution in [0, 0.1) is 11.8 Å². The average Bonchev–Trinajstić information content (AvgIpc) is 3.12. The molecule has 128 valence electrons. The first kappa shape index (κ1) is 15.5. The molecule has 3 saturated heterocycles. The zero-order valence-corrected chi connectivity index (χ0v) is 15.7. The van der Waals surface area contributed by atoms with Crippen molar-refractivity contribution in [2.45, 2.75) is 37.9 Å². The fourth-order valence-corrected chi connectivity index (χ4v) is 5.65. The molecular formula is C20H18BrNO3. The molecule has 3 fully saturated rings. The molecule has 0 aromatic heterocycles. The summed E-state index contributed by atoms with van der Waals surface area (Å²) in [7, 11) is 0. The molecule has 4 nitrogen and oxygen atoms in total. The summed E-state index contributed by atoms with van der Waals surface area (Å²) in [5, 5.41) is 1.90. The number of rotatable bonds is 1. The lowest BCUT2D eigenvalue weighted by molar-refractivity contribution is -0.129. The monoisotopic (exact) mass is 399 g/mol. The molecule has 2 bridgehead atoms. The molecule has 4 unspecified atom stereocenters. The van der Waals surface area contributed by atoms with Crippen LogP contribution in [0.1, 0.15) is 26.7 Å². The Morgan fingerprint density at radius 1 is 0.960 bits per heavy atom. The van der Waals surface area contributed by atoms with E-state index < -0.39 is 11.2 Å². The molecule has 5 rings (SSSR count). The van der Waals surface area contributed by atoms with Gasteiger partial charge in [0.2, 0.25) is 11.8 Å². The second-order valence-electron chi connectivity index (χ2n) is 7.81. The highest BCUT2D eigenvalue weighted by molar-refractivity contribution is 9.10. The SMILES string of the molecule is CC12CCC(C)(O1)C1C(=O)N(c3cccc4c(Br)cccc34)C(=O)C12. The van der Waals surface area contributed by atoms with Crippen LogP contribution in [0.15, 0.2) is 40.9 Å². The molecule has 0 N–H and O–H groups in total. The first-order valence-electron chi connectivity index (χ1n) is 8.61. The van der Waals surface area contributed by atoms with Crippen LogP contribution in [-0.4, -0.2) is 23.0 Å². The van der Waals surface area contributed by atoms with Crippen molar-refractivity contribution in [3.05, 3.63) is 40.9 Å². The number of fused-ring (bicyclic) bond motifs is 6. The summed E-state index contributed by atoms with van der Waals surface area (Å²) >= 11 is 3.56. The zero-order valence-electron chi connectivity index (χ0n) is 14.1. The second kappa shape index (κ2) is 4.71. The maximum absolute atomic E-state index is 13.3. The highest BCUT2D eigenvalue weighted by atomic mass is 79.9. The van der Waals surface area contributed by atoms with Crippen LogP contribution in [0.3, 0.4) is 0 Å². The van der Waals surface area contributed by atoms with Crippen molar-refractivity contribution in [1.29, 1.82) is 0 Å². The number of imide groups is 1. The third-order valence-electron chi connectivity index (χ3n) is 6.29. The Morgan fingerprint density at radius 2 is 1.52 bits per heavy atom. The van der Waals surface area contributed by atoms with Gasteiger partial charge in [-0.25, -0.2) is 4.90 Å². The van der Waals surface area contributed by atoms with E-state index in [4.69, 9.17) is 4.74 Å². The number of hydrogen-bond donors (Lipinski definition) is 0. The van der Waals surface area contributed by atoms with Gasteiger partial charge in [-0.15, -0.1) is 0 Å². The Bertz CT molecular complexity index is 923. The lowest BCUT2D eigenvalue weighted by Crippen LogP contribution is -2.40. The number of hydrogen-bond acceptors (Lipinski definition) is 3. The molecule has 3 aliphatic rings. The largest absolute Gasteiger partial charge is 0.367 e.